The Morgan fingerprint density at radius 1 is 1.29 bits per heavy atom. The first kappa shape index (κ1) is 23.5. The summed E-state index contributed by atoms with van der Waals surface area (Å²) in [5.74, 6) is -1.28. The van der Waals surface area contributed by atoms with Crippen molar-refractivity contribution in [1.29, 1.82) is 0 Å². The van der Waals surface area contributed by atoms with Gasteiger partial charge >= 0.3 is 12.1 Å². The number of amides is 1. The van der Waals surface area contributed by atoms with E-state index in [2.05, 4.69) is 5.32 Å². The predicted molar refractivity (Wildman–Crippen MR) is 103 cm³/mol. The molecular weight excluding hydrogens is 439 g/mol. The summed E-state index contributed by atoms with van der Waals surface area (Å²) in [4.78, 5) is 24.2. The minimum absolute atomic E-state index is 0.0123. The number of halogens is 3. The molecular formula is C20H24F3NO6S. The van der Waals surface area contributed by atoms with Crippen molar-refractivity contribution in [3.05, 3.63) is 29.8 Å². The summed E-state index contributed by atoms with van der Waals surface area (Å²) in [7, 11) is -3.01. The first-order chi connectivity index (χ1) is 14.4. The van der Waals surface area contributed by atoms with Crippen LogP contribution in [0.25, 0.3) is 0 Å². The number of ether oxygens (including phenoxy) is 2. The Balaban J connectivity index is 1.80. The van der Waals surface area contributed by atoms with Gasteiger partial charge in [-0.2, -0.15) is 13.2 Å². The highest BCUT2D eigenvalue weighted by Crippen LogP contribution is 2.39. The maximum atomic E-state index is 13.2. The summed E-state index contributed by atoms with van der Waals surface area (Å²) in [6.45, 7) is 1.32. The summed E-state index contributed by atoms with van der Waals surface area (Å²) >= 11 is 0. The van der Waals surface area contributed by atoms with Crippen LogP contribution in [-0.4, -0.2) is 50.9 Å². The molecule has 1 aromatic rings. The van der Waals surface area contributed by atoms with Crippen LogP contribution in [0.2, 0.25) is 0 Å². The molecule has 3 rings (SSSR count). The normalized spacial score (nSPS) is 25.5. The minimum Gasteiger partial charge on any atom is -0.467 e. The smallest absolute Gasteiger partial charge is 0.416 e. The Kier molecular flexibility index (Phi) is 6.39. The molecule has 1 aliphatic heterocycles. The van der Waals surface area contributed by atoms with Gasteiger partial charge in [-0.05, 0) is 50.3 Å². The van der Waals surface area contributed by atoms with Gasteiger partial charge in [0.2, 0.25) is 5.91 Å². The lowest BCUT2D eigenvalue weighted by atomic mass is 9.95. The fraction of sp³-hybridized carbons (Fsp3) is 0.600. The van der Waals surface area contributed by atoms with Crippen molar-refractivity contribution in [3.8, 4) is 0 Å². The number of sulfone groups is 1. The fourth-order valence-corrected chi connectivity index (χ4v) is 5.51. The average Bonchev–Trinajstić information content (AvgIpc) is 3.55. The molecule has 1 saturated carbocycles. The molecule has 3 unspecified atom stereocenters. The van der Waals surface area contributed by atoms with Gasteiger partial charge in [0.25, 0.3) is 0 Å². The van der Waals surface area contributed by atoms with E-state index in [4.69, 9.17) is 9.47 Å². The van der Waals surface area contributed by atoms with Gasteiger partial charge in [-0.25, -0.2) is 13.2 Å². The van der Waals surface area contributed by atoms with Crippen LogP contribution in [0.15, 0.2) is 29.2 Å². The number of nitrogens with one attached hydrogen (secondary N) is 1. The van der Waals surface area contributed by atoms with Gasteiger partial charge in [-0.3, -0.25) is 4.79 Å². The third-order valence-electron chi connectivity index (χ3n) is 5.83. The second-order valence-corrected chi connectivity index (χ2v) is 10.6. The summed E-state index contributed by atoms with van der Waals surface area (Å²) in [5, 5.41) is 2.58. The lowest BCUT2D eigenvalue weighted by Gasteiger charge is -2.37. The van der Waals surface area contributed by atoms with E-state index in [-0.39, 0.29) is 25.4 Å². The molecule has 1 aliphatic carbocycles. The van der Waals surface area contributed by atoms with Crippen molar-refractivity contribution in [2.45, 2.75) is 60.6 Å². The van der Waals surface area contributed by atoms with Crippen molar-refractivity contribution < 1.29 is 40.7 Å². The van der Waals surface area contributed by atoms with Crippen LogP contribution in [0, 0.1) is 5.92 Å². The molecule has 1 heterocycles. The Bertz CT molecular complexity index is 960. The predicted octanol–water partition coefficient (Wildman–Crippen LogP) is 2.48. The van der Waals surface area contributed by atoms with E-state index in [1.165, 1.54) is 14.0 Å². The molecule has 3 atom stereocenters. The van der Waals surface area contributed by atoms with Gasteiger partial charge in [-0.15, -0.1) is 0 Å². The standard InChI is InChI=1S/C20H24F3NO6S/c1-19(31(27,28)14-5-3-4-13(10-14)20(21,22)23)8-9-30-15(11-19)17(25)24-16(12-6-7-12)18(26)29-2/h3-5,10,12,15-16H,6-9,11H2,1-2H3,(H,24,25). The van der Waals surface area contributed by atoms with Gasteiger partial charge in [0.15, 0.2) is 9.84 Å². The first-order valence-electron chi connectivity index (χ1n) is 9.81. The van der Waals surface area contributed by atoms with E-state index in [9.17, 15) is 31.2 Å². The second-order valence-electron chi connectivity index (χ2n) is 8.14. The number of rotatable bonds is 6. The zero-order chi connectivity index (χ0) is 23.0. The van der Waals surface area contributed by atoms with Gasteiger partial charge < -0.3 is 14.8 Å². The van der Waals surface area contributed by atoms with Crippen LogP contribution in [-0.2, 0) is 35.1 Å². The summed E-state index contributed by atoms with van der Waals surface area (Å²) in [5.41, 5.74) is -1.07. The molecule has 0 spiro atoms. The third kappa shape index (κ3) is 4.87. The molecule has 2 aliphatic rings. The van der Waals surface area contributed by atoms with Crippen LogP contribution >= 0.6 is 0 Å². The number of hydrogen-bond acceptors (Lipinski definition) is 6. The molecule has 11 heteroatoms. The maximum absolute atomic E-state index is 13.2. The van der Waals surface area contributed by atoms with Crippen LogP contribution in [0.4, 0.5) is 13.2 Å². The number of carbonyl (C=O) groups is 2. The zero-order valence-electron chi connectivity index (χ0n) is 17.1. The largest absolute Gasteiger partial charge is 0.467 e. The fourth-order valence-electron chi connectivity index (χ4n) is 3.68. The van der Waals surface area contributed by atoms with Gasteiger partial charge in [0.1, 0.15) is 12.1 Å². The minimum atomic E-state index is -4.68. The summed E-state index contributed by atoms with van der Waals surface area (Å²) < 4.78 is 74.2. The van der Waals surface area contributed by atoms with Crippen LogP contribution < -0.4 is 5.32 Å². The molecule has 1 aromatic carbocycles. The van der Waals surface area contributed by atoms with E-state index in [0.717, 1.165) is 31.0 Å². The Morgan fingerprint density at radius 2 is 1.97 bits per heavy atom. The summed E-state index contributed by atoms with van der Waals surface area (Å²) in [6, 6.07) is 2.71. The molecule has 1 N–H and O–H groups in total. The number of benzene rings is 1. The lowest BCUT2D eigenvalue weighted by Crippen LogP contribution is -2.53. The van der Waals surface area contributed by atoms with Gasteiger partial charge in [0.05, 0.1) is 22.3 Å². The number of hydrogen-bond donors (Lipinski definition) is 1. The average molecular weight is 463 g/mol. The Hall–Kier alpha value is -2.14. The van der Waals surface area contributed by atoms with E-state index in [1.54, 1.807) is 0 Å². The number of methoxy groups -OCH3 is 1. The van der Waals surface area contributed by atoms with E-state index in [1.807, 2.05) is 0 Å². The van der Waals surface area contributed by atoms with Crippen LogP contribution in [0.1, 0.15) is 38.2 Å². The van der Waals surface area contributed by atoms with Crippen molar-refractivity contribution in [3.63, 3.8) is 0 Å². The molecule has 0 radical (unpaired) electrons. The highest BCUT2D eigenvalue weighted by molar-refractivity contribution is 7.92. The molecule has 172 valence electrons. The quantitative estimate of drug-likeness (QED) is 0.651. The van der Waals surface area contributed by atoms with Crippen molar-refractivity contribution in [1.82, 2.24) is 5.32 Å². The zero-order valence-corrected chi connectivity index (χ0v) is 17.9. The van der Waals surface area contributed by atoms with Crippen LogP contribution in [0.3, 0.4) is 0 Å². The summed E-state index contributed by atoms with van der Waals surface area (Å²) in [6.07, 6.45) is -4.57. The number of esters is 1. The van der Waals surface area contributed by atoms with Crippen LogP contribution in [0.5, 0.6) is 0 Å². The second kappa shape index (κ2) is 8.42. The maximum Gasteiger partial charge on any atom is 0.416 e. The topological polar surface area (TPSA) is 98.8 Å². The molecule has 1 saturated heterocycles. The number of carbonyl (C=O) groups excluding carboxylic acids is 2. The van der Waals surface area contributed by atoms with Crippen molar-refractivity contribution in [2.75, 3.05) is 13.7 Å². The Labute approximate surface area is 178 Å². The van der Waals surface area contributed by atoms with Crippen molar-refractivity contribution in [2.24, 2.45) is 5.92 Å². The van der Waals surface area contributed by atoms with Gasteiger partial charge in [0, 0.05) is 13.0 Å². The highest BCUT2D eigenvalue weighted by Gasteiger charge is 2.48. The molecule has 0 bridgehead atoms. The molecule has 2 fully saturated rings. The SMILES string of the molecule is COC(=O)C(NC(=O)C1CC(C)(S(=O)(=O)c2cccc(C(F)(F)F)c2)CCO1)C1CC1. The molecule has 1 amide bonds. The first-order valence-corrected chi connectivity index (χ1v) is 11.3. The van der Waals surface area contributed by atoms with E-state index in [0.29, 0.717) is 6.07 Å². The van der Waals surface area contributed by atoms with E-state index < -0.39 is 55.2 Å². The highest BCUT2D eigenvalue weighted by atomic mass is 32.2. The molecule has 31 heavy (non-hydrogen) atoms. The van der Waals surface area contributed by atoms with Gasteiger partial charge in [-0.1, -0.05) is 6.07 Å². The third-order valence-corrected chi connectivity index (χ3v) is 8.37. The molecule has 7 nitrogen and oxygen atoms in total. The molecule has 0 aromatic heterocycles. The number of alkyl halides is 3. The lowest BCUT2D eigenvalue weighted by molar-refractivity contribution is -0.148. The van der Waals surface area contributed by atoms with E-state index >= 15 is 0 Å². The monoisotopic (exact) mass is 463 g/mol. The Morgan fingerprint density at radius 3 is 2.55 bits per heavy atom. The van der Waals surface area contributed by atoms with Crippen molar-refractivity contribution >= 4 is 21.7 Å².